The number of H-pyrrole nitrogens is 1. The summed E-state index contributed by atoms with van der Waals surface area (Å²) in [7, 11) is 1.91. The molecule has 0 aliphatic heterocycles. The first-order valence-electron chi connectivity index (χ1n) is 8.37. The van der Waals surface area contributed by atoms with Gasteiger partial charge >= 0.3 is 0 Å². The largest absolute Gasteiger partial charge is 0.319 e. The Hall–Kier alpha value is -2.84. The van der Waals surface area contributed by atoms with Crippen molar-refractivity contribution >= 4 is 39.7 Å². The molecule has 0 unspecified atom stereocenters. The maximum Gasteiger partial charge on any atom is 0.268 e. The normalized spacial score (nSPS) is 12.0. The van der Waals surface area contributed by atoms with E-state index in [9.17, 15) is 4.79 Å². The molecule has 0 fully saturated rings. The molecule has 0 aliphatic carbocycles. The first kappa shape index (κ1) is 17.6. The molecule has 8 heteroatoms. The van der Waals surface area contributed by atoms with E-state index in [1.54, 1.807) is 4.57 Å². The molecular weight excluding hydrogens is 378 g/mol. The SMILES string of the molecule is Cc1cccc(-c2n[nH]c(=S)n2CC(=O)N=c2sc3ccccc3n2C)c1. The molecule has 0 aliphatic rings. The van der Waals surface area contributed by atoms with Gasteiger partial charge in [0.1, 0.15) is 6.54 Å². The highest BCUT2D eigenvalue weighted by atomic mass is 32.1. The Morgan fingerprint density at radius 3 is 2.85 bits per heavy atom. The van der Waals surface area contributed by atoms with E-state index in [-0.39, 0.29) is 12.5 Å². The van der Waals surface area contributed by atoms with Gasteiger partial charge in [0.25, 0.3) is 5.91 Å². The van der Waals surface area contributed by atoms with Crippen molar-refractivity contribution in [1.82, 2.24) is 19.3 Å². The van der Waals surface area contributed by atoms with Crippen LogP contribution in [0.5, 0.6) is 0 Å². The standard InChI is InChI=1S/C19H17N5OS2/c1-12-6-5-7-13(10-12)17-21-22-18(26)24(17)11-16(25)20-19-23(2)14-8-3-4-9-15(14)27-19/h3-10H,11H2,1-2H3,(H,22,26). The van der Waals surface area contributed by atoms with Crippen LogP contribution in [0.15, 0.2) is 53.5 Å². The number of aryl methyl sites for hydroxylation is 2. The highest BCUT2D eigenvalue weighted by Gasteiger charge is 2.13. The van der Waals surface area contributed by atoms with Gasteiger partial charge < -0.3 is 4.57 Å². The lowest BCUT2D eigenvalue weighted by molar-refractivity contribution is -0.118. The van der Waals surface area contributed by atoms with E-state index in [0.717, 1.165) is 21.3 Å². The molecule has 27 heavy (non-hydrogen) atoms. The molecule has 4 aromatic rings. The number of para-hydroxylation sites is 1. The van der Waals surface area contributed by atoms with E-state index in [1.165, 1.54) is 11.3 Å². The molecule has 0 saturated carbocycles. The molecule has 1 amide bonds. The number of thiazole rings is 1. The van der Waals surface area contributed by atoms with Crippen LogP contribution in [0.1, 0.15) is 5.56 Å². The number of aromatic amines is 1. The minimum Gasteiger partial charge on any atom is -0.319 e. The first-order chi connectivity index (χ1) is 13.0. The smallest absolute Gasteiger partial charge is 0.268 e. The quantitative estimate of drug-likeness (QED) is 0.539. The second kappa shape index (κ2) is 7.05. The summed E-state index contributed by atoms with van der Waals surface area (Å²) in [4.78, 5) is 17.6. The minimum atomic E-state index is -0.274. The van der Waals surface area contributed by atoms with E-state index < -0.39 is 0 Å². The Bertz CT molecular complexity index is 1270. The number of carbonyl (C=O) groups excluding carboxylic acids is 1. The van der Waals surface area contributed by atoms with Gasteiger partial charge in [-0.05, 0) is 37.3 Å². The second-order valence-electron chi connectivity index (χ2n) is 6.22. The van der Waals surface area contributed by atoms with Crippen LogP contribution in [0.3, 0.4) is 0 Å². The number of hydrogen-bond donors (Lipinski definition) is 1. The molecule has 0 spiro atoms. The third kappa shape index (κ3) is 3.41. The molecule has 0 atom stereocenters. The number of benzene rings is 2. The Balaban J connectivity index is 1.70. The van der Waals surface area contributed by atoms with Crippen LogP contribution in [-0.4, -0.2) is 25.2 Å². The maximum atomic E-state index is 12.6. The molecule has 0 bridgehead atoms. The fourth-order valence-electron chi connectivity index (χ4n) is 2.93. The molecule has 2 heterocycles. The van der Waals surface area contributed by atoms with Crippen LogP contribution < -0.4 is 4.80 Å². The van der Waals surface area contributed by atoms with Gasteiger partial charge in [-0.3, -0.25) is 14.5 Å². The van der Waals surface area contributed by atoms with Crippen LogP contribution in [-0.2, 0) is 18.4 Å². The summed E-state index contributed by atoms with van der Waals surface area (Å²) < 4.78 is 5.10. The number of aromatic nitrogens is 4. The van der Waals surface area contributed by atoms with Crippen molar-refractivity contribution in [2.45, 2.75) is 13.5 Å². The summed E-state index contributed by atoms with van der Waals surface area (Å²) in [5.74, 6) is 0.358. The molecule has 0 saturated heterocycles. The summed E-state index contributed by atoms with van der Waals surface area (Å²) in [6.07, 6.45) is 0. The number of hydrogen-bond acceptors (Lipinski definition) is 4. The average Bonchev–Trinajstić information content (AvgIpc) is 3.16. The van der Waals surface area contributed by atoms with Crippen LogP contribution >= 0.6 is 23.6 Å². The van der Waals surface area contributed by atoms with Gasteiger partial charge in [0.2, 0.25) is 0 Å². The lowest BCUT2D eigenvalue weighted by Crippen LogP contribution is -2.17. The predicted octanol–water partition coefficient (Wildman–Crippen LogP) is 3.60. The van der Waals surface area contributed by atoms with Gasteiger partial charge in [0.15, 0.2) is 15.4 Å². The minimum absolute atomic E-state index is 0.0346. The van der Waals surface area contributed by atoms with Gasteiger partial charge in [0.05, 0.1) is 10.2 Å². The van der Waals surface area contributed by atoms with Crippen molar-refractivity contribution in [3.05, 3.63) is 63.7 Å². The van der Waals surface area contributed by atoms with Crippen molar-refractivity contribution < 1.29 is 4.79 Å². The molecule has 4 rings (SSSR count). The van der Waals surface area contributed by atoms with Gasteiger partial charge in [-0.1, -0.05) is 47.2 Å². The van der Waals surface area contributed by atoms with E-state index >= 15 is 0 Å². The lowest BCUT2D eigenvalue weighted by Gasteiger charge is -2.05. The highest BCUT2D eigenvalue weighted by Crippen LogP contribution is 2.19. The third-order valence-electron chi connectivity index (χ3n) is 4.26. The fourth-order valence-corrected chi connectivity index (χ4v) is 4.17. The number of amides is 1. The summed E-state index contributed by atoms with van der Waals surface area (Å²) in [5.41, 5.74) is 3.07. The highest BCUT2D eigenvalue weighted by molar-refractivity contribution is 7.71. The Labute approximate surface area is 164 Å². The van der Waals surface area contributed by atoms with Crippen molar-refractivity contribution in [1.29, 1.82) is 0 Å². The number of nitrogens with one attached hydrogen (secondary N) is 1. The maximum absolute atomic E-state index is 12.6. The molecular formula is C19H17N5OS2. The number of rotatable bonds is 3. The van der Waals surface area contributed by atoms with E-state index in [2.05, 4.69) is 15.2 Å². The summed E-state index contributed by atoms with van der Waals surface area (Å²) in [6.45, 7) is 2.05. The second-order valence-corrected chi connectivity index (χ2v) is 7.62. The van der Waals surface area contributed by atoms with E-state index in [4.69, 9.17) is 12.2 Å². The zero-order valence-corrected chi connectivity index (χ0v) is 16.5. The van der Waals surface area contributed by atoms with Gasteiger partial charge in [0, 0.05) is 12.6 Å². The Morgan fingerprint density at radius 2 is 2.07 bits per heavy atom. The Kier molecular flexibility index (Phi) is 4.59. The zero-order chi connectivity index (χ0) is 19.0. The molecule has 2 aromatic carbocycles. The van der Waals surface area contributed by atoms with E-state index in [1.807, 2.05) is 67.1 Å². The number of fused-ring (bicyclic) bond motifs is 1. The summed E-state index contributed by atoms with van der Waals surface area (Å²) in [6, 6.07) is 15.9. The van der Waals surface area contributed by atoms with Crippen LogP contribution in [0.2, 0.25) is 0 Å². The summed E-state index contributed by atoms with van der Waals surface area (Å²) >= 11 is 6.80. The average molecular weight is 396 g/mol. The van der Waals surface area contributed by atoms with Gasteiger partial charge in [-0.25, -0.2) is 0 Å². The van der Waals surface area contributed by atoms with E-state index in [0.29, 0.717) is 15.4 Å². The Morgan fingerprint density at radius 1 is 1.26 bits per heavy atom. The van der Waals surface area contributed by atoms with Gasteiger partial charge in [-0.2, -0.15) is 10.1 Å². The number of carbonyl (C=O) groups is 1. The van der Waals surface area contributed by atoms with Gasteiger partial charge in [-0.15, -0.1) is 0 Å². The molecule has 6 nitrogen and oxygen atoms in total. The van der Waals surface area contributed by atoms with Crippen molar-refractivity contribution in [2.24, 2.45) is 12.0 Å². The van der Waals surface area contributed by atoms with Crippen LogP contribution in [0, 0.1) is 11.7 Å². The van der Waals surface area contributed by atoms with Crippen LogP contribution in [0.4, 0.5) is 0 Å². The molecule has 136 valence electrons. The van der Waals surface area contributed by atoms with Crippen molar-refractivity contribution in [2.75, 3.05) is 0 Å². The number of nitrogens with zero attached hydrogens (tertiary/aromatic N) is 4. The molecule has 2 aromatic heterocycles. The fraction of sp³-hybridized carbons (Fsp3) is 0.158. The summed E-state index contributed by atoms with van der Waals surface area (Å²) in [5, 5.41) is 7.07. The predicted molar refractivity (Wildman–Crippen MR) is 109 cm³/mol. The van der Waals surface area contributed by atoms with Crippen LogP contribution in [0.25, 0.3) is 21.6 Å². The molecule has 1 N–H and O–H groups in total. The topological polar surface area (TPSA) is 68.0 Å². The third-order valence-corrected chi connectivity index (χ3v) is 5.69. The van der Waals surface area contributed by atoms with Crippen molar-refractivity contribution in [3.8, 4) is 11.4 Å². The van der Waals surface area contributed by atoms with Crippen molar-refractivity contribution in [3.63, 3.8) is 0 Å². The lowest BCUT2D eigenvalue weighted by atomic mass is 10.1. The zero-order valence-electron chi connectivity index (χ0n) is 14.8. The first-order valence-corrected chi connectivity index (χ1v) is 9.60. The molecule has 0 radical (unpaired) electrons. The monoisotopic (exact) mass is 395 g/mol.